The van der Waals surface area contributed by atoms with E-state index in [0.29, 0.717) is 12.2 Å². The number of rotatable bonds is 4. The molecule has 1 amide bonds. The molecule has 134 valence electrons. The summed E-state index contributed by atoms with van der Waals surface area (Å²) in [6.07, 6.45) is 2.04. The number of aliphatic carboxylic acids is 1. The number of carboxylic acid groups (broad SMARTS) is 1. The molecule has 3 unspecified atom stereocenters. The van der Waals surface area contributed by atoms with E-state index >= 15 is 0 Å². The summed E-state index contributed by atoms with van der Waals surface area (Å²) in [7, 11) is 1.86. The van der Waals surface area contributed by atoms with E-state index in [1.807, 2.05) is 27.8 Å². The lowest BCUT2D eigenvalue weighted by Gasteiger charge is -2.42. The molecule has 1 N–H and O–H groups in total. The molecule has 0 spiro atoms. The average Bonchev–Trinajstić information content (AvgIpc) is 3.15. The lowest BCUT2D eigenvalue weighted by atomic mass is 9.85. The Morgan fingerprint density at radius 2 is 2.16 bits per heavy atom. The number of likely N-dealkylation sites (tertiary alicyclic amines) is 1. The molecule has 1 fully saturated rings. The zero-order chi connectivity index (χ0) is 18.3. The molecule has 1 saturated heterocycles. The first-order valence-corrected chi connectivity index (χ1v) is 8.40. The lowest BCUT2D eigenvalue weighted by molar-refractivity contribution is -0.155. The van der Waals surface area contributed by atoms with Crippen LogP contribution in [0.4, 0.5) is 0 Å². The first-order chi connectivity index (χ1) is 11.8. The Bertz CT molecular complexity index is 794. The maximum atomic E-state index is 12.8. The molecule has 7 nitrogen and oxygen atoms in total. The number of aromatic nitrogens is 2. The zero-order valence-corrected chi connectivity index (χ0v) is 14.9. The molecule has 2 aromatic rings. The van der Waals surface area contributed by atoms with Gasteiger partial charge in [0.25, 0.3) is 0 Å². The minimum Gasteiger partial charge on any atom is -0.481 e. The van der Waals surface area contributed by atoms with Crippen molar-refractivity contribution in [2.45, 2.75) is 45.7 Å². The van der Waals surface area contributed by atoms with Crippen LogP contribution in [-0.2, 0) is 16.6 Å². The van der Waals surface area contributed by atoms with Gasteiger partial charge in [0.1, 0.15) is 11.8 Å². The van der Waals surface area contributed by atoms with Gasteiger partial charge in [-0.15, -0.1) is 0 Å². The number of carbonyl (C=O) groups is 2. The van der Waals surface area contributed by atoms with Crippen molar-refractivity contribution in [1.29, 1.82) is 0 Å². The maximum absolute atomic E-state index is 12.8. The van der Waals surface area contributed by atoms with Crippen LogP contribution in [0.5, 0.6) is 0 Å². The van der Waals surface area contributed by atoms with E-state index in [4.69, 9.17) is 4.42 Å². The Morgan fingerprint density at radius 3 is 2.68 bits per heavy atom. The molecular weight excluding hydrogens is 322 g/mol. The molecule has 1 aliphatic rings. The molecular formula is C18H23N3O4. The fraction of sp³-hybridized carbons (Fsp3) is 0.500. The van der Waals surface area contributed by atoms with Gasteiger partial charge in [-0.05, 0) is 39.3 Å². The first kappa shape index (κ1) is 17.3. The number of carbonyl (C=O) groups excluding carboxylic acids is 1. The Balaban J connectivity index is 2.09. The second-order valence-electron chi connectivity index (χ2n) is 6.63. The summed E-state index contributed by atoms with van der Waals surface area (Å²) in [6, 6.07) is 2.54. The second kappa shape index (κ2) is 6.38. The van der Waals surface area contributed by atoms with Crippen molar-refractivity contribution in [3.63, 3.8) is 0 Å². The van der Waals surface area contributed by atoms with E-state index in [1.54, 1.807) is 21.7 Å². The monoisotopic (exact) mass is 345 g/mol. The van der Waals surface area contributed by atoms with Crippen LogP contribution >= 0.6 is 0 Å². The van der Waals surface area contributed by atoms with Crippen molar-refractivity contribution < 1.29 is 19.1 Å². The summed E-state index contributed by atoms with van der Waals surface area (Å²) in [6.45, 7) is 5.79. The number of aryl methyl sites for hydroxylation is 2. The van der Waals surface area contributed by atoms with Crippen LogP contribution < -0.4 is 0 Å². The Morgan fingerprint density at radius 1 is 1.44 bits per heavy atom. The number of piperidine rings is 1. The molecule has 1 aliphatic heterocycles. The summed E-state index contributed by atoms with van der Waals surface area (Å²) in [4.78, 5) is 26.3. The predicted molar refractivity (Wildman–Crippen MR) is 89.8 cm³/mol. The largest absolute Gasteiger partial charge is 0.481 e. The number of nitrogens with zero attached hydrogens (tertiary/aromatic N) is 3. The number of carboxylic acids is 1. The van der Waals surface area contributed by atoms with Gasteiger partial charge in [0, 0.05) is 24.7 Å². The van der Waals surface area contributed by atoms with Gasteiger partial charge in [-0.3, -0.25) is 14.3 Å². The third kappa shape index (κ3) is 2.83. The average molecular weight is 345 g/mol. The third-order valence-corrected chi connectivity index (χ3v) is 5.19. The molecule has 25 heavy (non-hydrogen) atoms. The van der Waals surface area contributed by atoms with Gasteiger partial charge in [0.15, 0.2) is 0 Å². The lowest BCUT2D eigenvalue weighted by Crippen LogP contribution is -2.46. The number of hydrogen-bond acceptors (Lipinski definition) is 4. The first-order valence-electron chi connectivity index (χ1n) is 8.40. The topological polar surface area (TPSA) is 88.6 Å². The molecule has 7 heteroatoms. The Hall–Kier alpha value is -2.57. The van der Waals surface area contributed by atoms with Crippen LogP contribution in [0.15, 0.2) is 22.8 Å². The minimum absolute atomic E-state index is 0.0611. The maximum Gasteiger partial charge on any atom is 0.309 e. The van der Waals surface area contributed by atoms with Crippen molar-refractivity contribution in [1.82, 2.24) is 14.7 Å². The van der Waals surface area contributed by atoms with Gasteiger partial charge < -0.3 is 14.4 Å². The van der Waals surface area contributed by atoms with Crippen molar-refractivity contribution in [3.05, 3.63) is 41.1 Å². The highest BCUT2D eigenvalue weighted by atomic mass is 16.4. The van der Waals surface area contributed by atoms with E-state index in [1.165, 1.54) is 6.26 Å². The summed E-state index contributed by atoms with van der Waals surface area (Å²) >= 11 is 0. The highest BCUT2D eigenvalue weighted by Gasteiger charge is 2.45. The molecule has 0 radical (unpaired) electrons. The minimum atomic E-state index is -0.911. The van der Waals surface area contributed by atoms with E-state index in [-0.39, 0.29) is 18.4 Å². The summed E-state index contributed by atoms with van der Waals surface area (Å²) < 4.78 is 7.29. The molecule has 3 heterocycles. The van der Waals surface area contributed by atoms with Gasteiger partial charge >= 0.3 is 5.97 Å². The van der Waals surface area contributed by atoms with Crippen molar-refractivity contribution in [2.24, 2.45) is 13.0 Å². The Kier molecular flexibility index (Phi) is 4.41. The quantitative estimate of drug-likeness (QED) is 0.920. The molecule has 3 rings (SSSR count). The van der Waals surface area contributed by atoms with Crippen LogP contribution in [0.1, 0.15) is 54.6 Å². The van der Waals surface area contributed by atoms with Gasteiger partial charge in [0.2, 0.25) is 5.91 Å². The number of amides is 1. The van der Waals surface area contributed by atoms with Crippen LogP contribution in [0.25, 0.3) is 0 Å². The summed E-state index contributed by atoms with van der Waals surface area (Å²) in [5.74, 6) is -1.16. The van der Waals surface area contributed by atoms with E-state index < -0.39 is 17.9 Å². The van der Waals surface area contributed by atoms with Crippen LogP contribution in [0.3, 0.4) is 0 Å². The van der Waals surface area contributed by atoms with E-state index in [0.717, 1.165) is 17.0 Å². The van der Waals surface area contributed by atoms with Crippen molar-refractivity contribution in [2.75, 3.05) is 0 Å². The molecule has 3 atom stereocenters. The standard InChI is InChI=1S/C18H23N3O4/c1-10-16(11(2)20(4)19-10)12(3)21-15(22)8-7-13(18(23)24)17(21)14-6-5-9-25-14/h5-6,9,12-13,17H,7-8H2,1-4H3,(H,23,24). The highest BCUT2D eigenvalue weighted by Crippen LogP contribution is 2.43. The third-order valence-electron chi connectivity index (χ3n) is 5.19. The fourth-order valence-electron chi connectivity index (χ4n) is 3.96. The van der Waals surface area contributed by atoms with Gasteiger partial charge in [-0.2, -0.15) is 5.10 Å². The SMILES string of the molecule is Cc1nn(C)c(C)c1C(C)N1C(=O)CCC(C(=O)O)C1c1ccco1. The zero-order valence-electron chi connectivity index (χ0n) is 14.9. The van der Waals surface area contributed by atoms with E-state index in [2.05, 4.69) is 5.10 Å². The molecule has 0 bridgehead atoms. The molecule has 0 aliphatic carbocycles. The summed E-state index contributed by atoms with van der Waals surface area (Å²) in [5, 5.41) is 14.1. The number of hydrogen-bond donors (Lipinski definition) is 1. The van der Waals surface area contributed by atoms with Crippen LogP contribution in [0, 0.1) is 19.8 Å². The van der Waals surface area contributed by atoms with Gasteiger partial charge in [-0.1, -0.05) is 0 Å². The second-order valence-corrected chi connectivity index (χ2v) is 6.63. The van der Waals surface area contributed by atoms with Crippen LogP contribution in [0.2, 0.25) is 0 Å². The van der Waals surface area contributed by atoms with Crippen LogP contribution in [-0.4, -0.2) is 31.7 Å². The molecule has 0 saturated carbocycles. The van der Waals surface area contributed by atoms with Gasteiger partial charge in [0.05, 0.1) is 23.9 Å². The smallest absolute Gasteiger partial charge is 0.309 e. The molecule has 0 aromatic carbocycles. The number of furan rings is 1. The normalized spacial score (nSPS) is 22.2. The molecule has 2 aromatic heterocycles. The predicted octanol–water partition coefficient (Wildman–Crippen LogP) is 2.76. The Labute approximate surface area is 146 Å². The highest BCUT2D eigenvalue weighted by molar-refractivity contribution is 5.82. The van der Waals surface area contributed by atoms with Crippen molar-refractivity contribution >= 4 is 11.9 Å². The fourth-order valence-corrected chi connectivity index (χ4v) is 3.96. The van der Waals surface area contributed by atoms with Gasteiger partial charge in [-0.25, -0.2) is 0 Å². The van der Waals surface area contributed by atoms with Crippen molar-refractivity contribution in [3.8, 4) is 0 Å². The summed E-state index contributed by atoms with van der Waals surface area (Å²) in [5.41, 5.74) is 2.77. The van der Waals surface area contributed by atoms with E-state index in [9.17, 15) is 14.7 Å².